The van der Waals surface area contributed by atoms with Crippen molar-refractivity contribution in [3.8, 4) is 11.3 Å². The van der Waals surface area contributed by atoms with E-state index in [4.69, 9.17) is 0 Å². The maximum Gasteiger partial charge on any atom is 0.245 e. The van der Waals surface area contributed by atoms with Gasteiger partial charge in [-0.2, -0.15) is 0 Å². The summed E-state index contributed by atoms with van der Waals surface area (Å²) in [5, 5.41) is 15.9. The Morgan fingerprint density at radius 1 is 1.18 bits per heavy atom. The Morgan fingerprint density at radius 3 is 2.64 bits per heavy atom. The van der Waals surface area contributed by atoms with Gasteiger partial charge in [-0.05, 0) is 47.9 Å². The average molecular weight is 381 g/mol. The summed E-state index contributed by atoms with van der Waals surface area (Å²) in [7, 11) is 0. The Labute approximate surface area is 160 Å². The molecule has 28 heavy (non-hydrogen) atoms. The van der Waals surface area contributed by atoms with Gasteiger partial charge in [-0.25, -0.2) is 4.39 Å². The number of aliphatic hydroxyl groups is 1. The molecule has 0 bridgehead atoms. The first-order chi connectivity index (χ1) is 13.5. The fraction of sp³-hybridized carbons (Fsp3) is 0.238. The van der Waals surface area contributed by atoms with Crippen LogP contribution in [0.4, 0.5) is 4.39 Å². The molecule has 1 aliphatic heterocycles. The summed E-state index contributed by atoms with van der Waals surface area (Å²) in [5.41, 5.74) is 3.56. The minimum atomic E-state index is -0.917. The number of carbonyl (C=O) groups excluding carboxylic acids is 2. The summed E-state index contributed by atoms with van der Waals surface area (Å²) in [6, 6.07) is 13.1. The first-order valence-corrected chi connectivity index (χ1v) is 9.13. The van der Waals surface area contributed by atoms with Crippen LogP contribution in [0.1, 0.15) is 12.0 Å². The Balaban J connectivity index is 1.57. The van der Waals surface area contributed by atoms with E-state index in [0.717, 1.165) is 27.7 Å². The lowest BCUT2D eigenvalue weighted by Crippen LogP contribution is -2.45. The highest BCUT2D eigenvalue weighted by atomic mass is 19.1. The SMILES string of the molecule is O=C(CCc1c(-c2ccc(F)cc2)[nH]c2ccccc12)N[C@H]1C(=O)NC[C@@H]1O. The fourth-order valence-corrected chi connectivity index (χ4v) is 3.58. The van der Waals surface area contributed by atoms with Crippen LogP contribution in [0.25, 0.3) is 22.2 Å². The number of carbonyl (C=O) groups is 2. The molecule has 0 aliphatic carbocycles. The molecule has 1 aromatic heterocycles. The van der Waals surface area contributed by atoms with Gasteiger partial charge in [-0.3, -0.25) is 9.59 Å². The molecular weight excluding hydrogens is 361 g/mol. The van der Waals surface area contributed by atoms with Crippen LogP contribution in [0.2, 0.25) is 0 Å². The molecule has 1 aliphatic rings. The van der Waals surface area contributed by atoms with Crippen molar-refractivity contribution < 1.29 is 19.1 Å². The number of halogens is 1. The monoisotopic (exact) mass is 381 g/mol. The molecule has 0 unspecified atom stereocenters. The average Bonchev–Trinajstić information content (AvgIpc) is 3.22. The van der Waals surface area contributed by atoms with E-state index in [1.54, 1.807) is 12.1 Å². The van der Waals surface area contributed by atoms with E-state index in [9.17, 15) is 19.1 Å². The maximum absolute atomic E-state index is 13.3. The second kappa shape index (κ2) is 7.44. The molecule has 6 nitrogen and oxygen atoms in total. The summed E-state index contributed by atoms with van der Waals surface area (Å²) in [6.07, 6.45) is -0.321. The van der Waals surface area contributed by atoms with Crippen LogP contribution in [0.3, 0.4) is 0 Å². The molecule has 7 heteroatoms. The van der Waals surface area contributed by atoms with Crippen LogP contribution in [0.5, 0.6) is 0 Å². The first-order valence-electron chi connectivity index (χ1n) is 9.13. The number of aromatic nitrogens is 1. The number of hydrogen-bond acceptors (Lipinski definition) is 3. The third kappa shape index (κ3) is 3.48. The Bertz CT molecular complexity index is 1030. The zero-order chi connectivity index (χ0) is 19.7. The second-order valence-corrected chi connectivity index (χ2v) is 6.89. The topological polar surface area (TPSA) is 94.2 Å². The van der Waals surface area contributed by atoms with Gasteiger partial charge in [-0.15, -0.1) is 0 Å². The van der Waals surface area contributed by atoms with Crippen molar-refractivity contribution in [2.75, 3.05) is 6.54 Å². The van der Waals surface area contributed by atoms with Gasteiger partial charge in [0.15, 0.2) is 0 Å². The molecular formula is C21H20FN3O3. The van der Waals surface area contributed by atoms with E-state index in [1.807, 2.05) is 24.3 Å². The van der Waals surface area contributed by atoms with E-state index in [-0.39, 0.29) is 30.6 Å². The first kappa shape index (κ1) is 18.2. The van der Waals surface area contributed by atoms with Gasteiger partial charge in [0.1, 0.15) is 18.0 Å². The number of rotatable bonds is 5. The number of hydrogen-bond donors (Lipinski definition) is 4. The number of H-pyrrole nitrogens is 1. The lowest BCUT2D eigenvalue weighted by atomic mass is 10.0. The summed E-state index contributed by atoms with van der Waals surface area (Å²) >= 11 is 0. The van der Waals surface area contributed by atoms with Gasteiger partial charge in [0, 0.05) is 29.6 Å². The molecule has 4 N–H and O–H groups in total. The van der Waals surface area contributed by atoms with Crippen molar-refractivity contribution in [2.24, 2.45) is 0 Å². The number of β-amino-alcohol motifs (C(OH)–C–C–N with tert-alkyl or cyclic N) is 1. The zero-order valence-corrected chi connectivity index (χ0v) is 15.0. The number of fused-ring (bicyclic) bond motifs is 1. The van der Waals surface area contributed by atoms with Crippen LogP contribution >= 0.6 is 0 Å². The lowest BCUT2D eigenvalue weighted by molar-refractivity contribution is -0.128. The Morgan fingerprint density at radius 2 is 1.93 bits per heavy atom. The number of amides is 2. The quantitative estimate of drug-likeness (QED) is 0.544. The predicted molar refractivity (Wildman–Crippen MR) is 103 cm³/mol. The molecule has 144 valence electrons. The molecule has 2 aromatic carbocycles. The number of para-hydroxylation sites is 1. The number of aryl methyl sites for hydroxylation is 1. The van der Waals surface area contributed by atoms with Gasteiger partial charge in [0.05, 0.1) is 0 Å². The van der Waals surface area contributed by atoms with Crippen LogP contribution < -0.4 is 10.6 Å². The largest absolute Gasteiger partial charge is 0.389 e. The standard InChI is InChI=1S/C21H20FN3O3/c22-13-7-5-12(6-8-13)19-15(14-3-1-2-4-16(14)24-19)9-10-18(27)25-20-17(26)11-23-21(20)28/h1-8,17,20,24,26H,9-11H2,(H,23,28)(H,25,27)/t17-,20+/m0/s1. The van der Waals surface area contributed by atoms with E-state index in [0.29, 0.717) is 6.42 Å². The molecule has 2 heterocycles. The van der Waals surface area contributed by atoms with Crippen molar-refractivity contribution in [1.29, 1.82) is 0 Å². The minimum absolute atomic E-state index is 0.140. The minimum Gasteiger partial charge on any atom is -0.389 e. The molecule has 1 saturated heterocycles. The molecule has 1 fully saturated rings. The second-order valence-electron chi connectivity index (χ2n) is 6.89. The normalized spacial score (nSPS) is 19.0. The summed E-state index contributed by atoms with van der Waals surface area (Å²) in [6.45, 7) is 0.140. The van der Waals surface area contributed by atoms with Gasteiger partial charge < -0.3 is 20.7 Å². The lowest BCUT2D eigenvalue weighted by Gasteiger charge is -2.13. The summed E-state index contributed by atoms with van der Waals surface area (Å²) in [4.78, 5) is 27.4. The third-order valence-electron chi connectivity index (χ3n) is 5.02. The van der Waals surface area contributed by atoms with Gasteiger partial charge >= 0.3 is 0 Å². The van der Waals surface area contributed by atoms with E-state index in [1.165, 1.54) is 12.1 Å². The molecule has 4 rings (SSSR count). The van der Waals surface area contributed by atoms with Crippen LogP contribution in [0, 0.1) is 5.82 Å². The van der Waals surface area contributed by atoms with E-state index >= 15 is 0 Å². The van der Waals surface area contributed by atoms with E-state index in [2.05, 4.69) is 15.6 Å². The van der Waals surface area contributed by atoms with E-state index < -0.39 is 12.1 Å². The molecule has 0 saturated carbocycles. The van der Waals surface area contributed by atoms with Gasteiger partial charge in [-0.1, -0.05) is 18.2 Å². The van der Waals surface area contributed by atoms with Crippen molar-refractivity contribution in [2.45, 2.75) is 25.0 Å². The highest BCUT2D eigenvalue weighted by Gasteiger charge is 2.34. The highest BCUT2D eigenvalue weighted by molar-refractivity contribution is 5.92. The predicted octanol–water partition coefficient (Wildman–Crippen LogP) is 1.88. The Hall–Kier alpha value is -3.19. The third-order valence-corrected chi connectivity index (χ3v) is 5.02. The van der Waals surface area contributed by atoms with Crippen molar-refractivity contribution in [1.82, 2.24) is 15.6 Å². The van der Waals surface area contributed by atoms with Crippen LogP contribution in [-0.2, 0) is 16.0 Å². The number of benzene rings is 2. The van der Waals surface area contributed by atoms with Crippen molar-refractivity contribution in [3.63, 3.8) is 0 Å². The van der Waals surface area contributed by atoms with Crippen molar-refractivity contribution in [3.05, 3.63) is 59.9 Å². The summed E-state index contributed by atoms with van der Waals surface area (Å²) in [5.74, 6) is -0.995. The summed E-state index contributed by atoms with van der Waals surface area (Å²) < 4.78 is 13.3. The molecule has 2 atom stereocenters. The smallest absolute Gasteiger partial charge is 0.245 e. The Kier molecular flexibility index (Phi) is 4.83. The van der Waals surface area contributed by atoms with Gasteiger partial charge in [0.2, 0.25) is 11.8 Å². The van der Waals surface area contributed by atoms with Crippen LogP contribution in [0.15, 0.2) is 48.5 Å². The molecule has 0 radical (unpaired) electrons. The van der Waals surface area contributed by atoms with Crippen molar-refractivity contribution >= 4 is 22.7 Å². The van der Waals surface area contributed by atoms with Crippen LogP contribution in [-0.4, -0.2) is 40.6 Å². The number of nitrogens with one attached hydrogen (secondary N) is 3. The molecule has 2 amide bonds. The highest BCUT2D eigenvalue weighted by Crippen LogP contribution is 2.31. The molecule has 3 aromatic rings. The molecule has 0 spiro atoms. The number of aliphatic hydroxyl groups excluding tert-OH is 1. The zero-order valence-electron chi connectivity index (χ0n) is 15.0. The fourth-order valence-electron chi connectivity index (χ4n) is 3.58. The maximum atomic E-state index is 13.3. The number of aromatic amines is 1. The van der Waals surface area contributed by atoms with Gasteiger partial charge in [0.25, 0.3) is 0 Å².